The molecule has 3 N–H and O–H groups in total. The van der Waals surface area contributed by atoms with E-state index in [1.54, 1.807) is 41.2 Å². The zero-order chi connectivity index (χ0) is 15.5. The van der Waals surface area contributed by atoms with E-state index in [0.29, 0.717) is 23.3 Å². The lowest BCUT2D eigenvalue weighted by Crippen LogP contribution is -2.41. The van der Waals surface area contributed by atoms with Crippen molar-refractivity contribution < 1.29 is 9.59 Å². The molecular formula is C14H14N6O2. The number of benzene rings is 1. The maximum absolute atomic E-state index is 12.0. The first kappa shape index (κ1) is 13.8. The predicted molar refractivity (Wildman–Crippen MR) is 78.9 cm³/mol. The van der Waals surface area contributed by atoms with Gasteiger partial charge in [0.2, 0.25) is 0 Å². The van der Waals surface area contributed by atoms with E-state index in [2.05, 4.69) is 26.1 Å². The number of nitrogens with zero attached hydrogens (tertiary/aromatic N) is 3. The number of fused-ring (bicyclic) bond motifs is 1. The van der Waals surface area contributed by atoms with Crippen LogP contribution in [0.1, 0.15) is 27.8 Å². The van der Waals surface area contributed by atoms with Gasteiger partial charge in [0.1, 0.15) is 11.2 Å². The standard InChI is InChI=1S/C14H14N6O2/c1-2-20-12-6-5-9(8-11(12)16-19-20)13(21)17-18-14(22)10-4-3-7-15-10/h3-8,15H,2H2,1H3,(H,17,21)(H,18,22). The number of nitrogens with one attached hydrogen (secondary N) is 3. The van der Waals surface area contributed by atoms with Crippen molar-refractivity contribution in [1.82, 2.24) is 30.8 Å². The van der Waals surface area contributed by atoms with Crippen molar-refractivity contribution in [3.8, 4) is 0 Å². The first-order chi connectivity index (χ1) is 10.7. The highest BCUT2D eigenvalue weighted by Gasteiger charge is 2.11. The summed E-state index contributed by atoms with van der Waals surface area (Å²) in [6.07, 6.45) is 1.63. The minimum absolute atomic E-state index is 0.363. The second-order valence-corrected chi connectivity index (χ2v) is 4.60. The number of H-pyrrole nitrogens is 1. The van der Waals surface area contributed by atoms with Gasteiger partial charge in [-0.05, 0) is 37.3 Å². The molecule has 3 aromatic rings. The van der Waals surface area contributed by atoms with Crippen LogP contribution in [0.3, 0.4) is 0 Å². The first-order valence-corrected chi connectivity index (χ1v) is 6.76. The Kier molecular flexibility index (Phi) is 3.57. The van der Waals surface area contributed by atoms with E-state index in [0.717, 1.165) is 5.52 Å². The molecule has 0 aliphatic heterocycles. The molecule has 112 valence electrons. The zero-order valence-electron chi connectivity index (χ0n) is 11.8. The Balaban J connectivity index is 1.71. The van der Waals surface area contributed by atoms with E-state index >= 15 is 0 Å². The molecule has 8 nitrogen and oxygen atoms in total. The molecule has 0 atom stereocenters. The molecule has 22 heavy (non-hydrogen) atoms. The third-order valence-electron chi connectivity index (χ3n) is 3.21. The summed E-state index contributed by atoms with van der Waals surface area (Å²) in [6, 6.07) is 8.37. The van der Waals surface area contributed by atoms with Crippen LogP contribution in [-0.4, -0.2) is 31.8 Å². The molecule has 0 radical (unpaired) electrons. The van der Waals surface area contributed by atoms with Gasteiger partial charge in [-0.1, -0.05) is 5.21 Å². The van der Waals surface area contributed by atoms with Crippen LogP contribution in [0.25, 0.3) is 11.0 Å². The SMILES string of the molecule is CCn1nnc2cc(C(=O)NNC(=O)c3ccc[nH]3)ccc21. The Morgan fingerprint density at radius 1 is 1.23 bits per heavy atom. The molecule has 0 unspecified atom stereocenters. The smallest absolute Gasteiger partial charge is 0.286 e. The van der Waals surface area contributed by atoms with E-state index in [-0.39, 0.29) is 0 Å². The van der Waals surface area contributed by atoms with E-state index in [9.17, 15) is 9.59 Å². The Bertz CT molecular complexity index is 821. The fourth-order valence-electron chi connectivity index (χ4n) is 2.07. The second kappa shape index (κ2) is 5.68. The molecule has 0 saturated carbocycles. The van der Waals surface area contributed by atoms with Crippen molar-refractivity contribution >= 4 is 22.8 Å². The summed E-state index contributed by atoms with van der Waals surface area (Å²) < 4.78 is 1.74. The molecule has 2 amide bonds. The van der Waals surface area contributed by atoms with Crippen LogP contribution in [-0.2, 0) is 6.54 Å². The molecule has 0 aliphatic rings. The van der Waals surface area contributed by atoms with E-state index in [1.807, 2.05) is 6.92 Å². The van der Waals surface area contributed by atoms with Crippen molar-refractivity contribution in [3.05, 3.63) is 47.8 Å². The van der Waals surface area contributed by atoms with Crippen molar-refractivity contribution in [2.24, 2.45) is 0 Å². The molecule has 0 spiro atoms. The van der Waals surface area contributed by atoms with Gasteiger partial charge in [-0.2, -0.15) is 0 Å². The number of hydrazine groups is 1. The van der Waals surface area contributed by atoms with Crippen LogP contribution >= 0.6 is 0 Å². The van der Waals surface area contributed by atoms with Gasteiger partial charge in [-0.3, -0.25) is 20.4 Å². The summed E-state index contributed by atoms with van der Waals surface area (Å²) in [6.45, 7) is 2.67. The minimum atomic E-state index is -0.423. The third kappa shape index (κ3) is 2.53. The highest BCUT2D eigenvalue weighted by molar-refractivity contribution is 6.00. The quantitative estimate of drug-likeness (QED) is 0.623. The van der Waals surface area contributed by atoms with Gasteiger partial charge >= 0.3 is 0 Å². The molecule has 0 saturated heterocycles. The monoisotopic (exact) mass is 298 g/mol. The predicted octanol–water partition coefficient (Wildman–Crippen LogP) is 0.854. The fraction of sp³-hybridized carbons (Fsp3) is 0.143. The van der Waals surface area contributed by atoms with Gasteiger partial charge < -0.3 is 4.98 Å². The molecule has 0 bridgehead atoms. The Morgan fingerprint density at radius 3 is 2.77 bits per heavy atom. The topological polar surface area (TPSA) is 105 Å². The number of carbonyl (C=O) groups excluding carboxylic acids is 2. The molecule has 0 fully saturated rings. The molecule has 2 aromatic heterocycles. The van der Waals surface area contributed by atoms with Crippen LogP contribution < -0.4 is 10.9 Å². The lowest BCUT2D eigenvalue weighted by Gasteiger charge is -2.06. The van der Waals surface area contributed by atoms with Gasteiger partial charge in [-0.25, -0.2) is 4.68 Å². The fourth-order valence-corrected chi connectivity index (χ4v) is 2.07. The molecule has 0 aliphatic carbocycles. The van der Waals surface area contributed by atoms with Gasteiger partial charge in [0, 0.05) is 18.3 Å². The van der Waals surface area contributed by atoms with Gasteiger partial charge in [0.25, 0.3) is 11.8 Å². The van der Waals surface area contributed by atoms with Gasteiger partial charge in [0.15, 0.2) is 0 Å². The van der Waals surface area contributed by atoms with Crippen molar-refractivity contribution in [2.75, 3.05) is 0 Å². The average molecular weight is 298 g/mol. The number of hydrogen-bond donors (Lipinski definition) is 3. The minimum Gasteiger partial charge on any atom is -0.357 e. The van der Waals surface area contributed by atoms with E-state index in [4.69, 9.17) is 0 Å². The molecule has 2 heterocycles. The third-order valence-corrected chi connectivity index (χ3v) is 3.21. The summed E-state index contributed by atoms with van der Waals surface area (Å²) in [5, 5.41) is 7.99. The van der Waals surface area contributed by atoms with Crippen molar-refractivity contribution in [1.29, 1.82) is 0 Å². The number of amides is 2. The van der Waals surface area contributed by atoms with Gasteiger partial charge in [-0.15, -0.1) is 5.10 Å². The Morgan fingerprint density at radius 2 is 2.05 bits per heavy atom. The normalized spacial score (nSPS) is 10.6. The summed E-state index contributed by atoms with van der Waals surface area (Å²) in [5.41, 5.74) is 6.94. The summed E-state index contributed by atoms with van der Waals surface area (Å²) in [5.74, 6) is -0.843. The van der Waals surface area contributed by atoms with Crippen LogP contribution in [0, 0.1) is 0 Å². The maximum Gasteiger partial charge on any atom is 0.286 e. The second-order valence-electron chi connectivity index (χ2n) is 4.60. The highest BCUT2D eigenvalue weighted by atomic mass is 16.2. The highest BCUT2D eigenvalue weighted by Crippen LogP contribution is 2.13. The van der Waals surface area contributed by atoms with Crippen molar-refractivity contribution in [2.45, 2.75) is 13.5 Å². The number of carbonyl (C=O) groups is 2. The van der Waals surface area contributed by atoms with Crippen LogP contribution in [0.15, 0.2) is 36.5 Å². The summed E-state index contributed by atoms with van der Waals surface area (Å²) in [7, 11) is 0. The maximum atomic E-state index is 12.0. The molecule has 3 rings (SSSR count). The first-order valence-electron chi connectivity index (χ1n) is 6.76. The number of aryl methyl sites for hydroxylation is 1. The van der Waals surface area contributed by atoms with Crippen LogP contribution in [0.5, 0.6) is 0 Å². The van der Waals surface area contributed by atoms with Gasteiger partial charge in [0.05, 0.1) is 5.52 Å². The summed E-state index contributed by atoms with van der Waals surface area (Å²) in [4.78, 5) is 26.5. The van der Waals surface area contributed by atoms with Crippen LogP contribution in [0.4, 0.5) is 0 Å². The lowest BCUT2D eigenvalue weighted by atomic mass is 10.2. The number of aromatic nitrogens is 4. The lowest BCUT2D eigenvalue weighted by molar-refractivity contribution is 0.0844. The van der Waals surface area contributed by atoms with Crippen molar-refractivity contribution in [3.63, 3.8) is 0 Å². The zero-order valence-corrected chi connectivity index (χ0v) is 11.8. The molecule has 8 heteroatoms. The largest absolute Gasteiger partial charge is 0.357 e. The number of aromatic amines is 1. The molecule has 1 aromatic carbocycles. The van der Waals surface area contributed by atoms with E-state index in [1.165, 1.54) is 0 Å². The Labute approximate surface area is 125 Å². The molecular weight excluding hydrogens is 284 g/mol. The number of hydrogen-bond acceptors (Lipinski definition) is 4. The average Bonchev–Trinajstić information content (AvgIpc) is 3.20. The van der Waals surface area contributed by atoms with Crippen LogP contribution in [0.2, 0.25) is 0 Å². The van der Waals surface area contributed by atoms with E-state index < -0.39 is 11.8 Å². The Hall–Kier alpha value is -3.16. The summed E-state index contributed by atoms with van der Waals surface area (Å²) >= 11 is 0. The number of rotatable bonds is 3.